The topological polar surface area (TPSA) is 276 Å². The van der Waals surface area contributed by atoms with E-state index < -0.39 is 67.1 Å². The van der Waals surface area contributed by atoms with Crippen LogP contribution in [0.15, 0.2) is 52.5 Å². The molecule has 23 heteroatoms. The highest BCUT2D eigenvalue weighted by molar-refractivity contribution is 8.00. The van der Waals surface area contributed by atoms with Crippen LogP contribution in [0, 0.1) is 0 Å². The minimum atomic E-state index is -3.80. The molecule has 5 atom stereocenters. The lowest BCUT2D eigenvalue weighted by Gasteiger charge is -2.50. The van der Waals surface area contributed by atoms with E-state index >= 15 is 0 Å². The number of rotatable bonds is 10. The summed E-state index contributed by atoms with van der Waals surface area (Å²) in [4.78, 5) is 72.0. The molecule has 0 unspecified atom stereocenters. The van der Waals surface area contributed by atoms with Gasteiger partial charge in [0.15, 0.2) is 45.2 Å². The Morgan fingerprint density at radius 1 is 1.27 bits per heavy atom. The summed E-state index contributed by atoms with van der Waals surface area (Å²) in [7, 11) is -2.51. The Morgan fingerprint density at radius 2 is 2.05 bits per heavy atom. The number of β-lactam (4-membered cyclic amide) rings is 2. The first kappa shape index (κ1) is 37.9. The number of aryl methyl sites for hydroxylation is 1. The van der Waals surface area contributed by atoms with E-state index in [1.807, 2.05) is 12.3 Å². The van der Waals surface area contributed by atoms with E-state index in [1.54, 1.807) is 5.38 Å². The molecule has 0 aromatic carbocycles. The molecule has 0 radical (unpaired) electrons. The van der Waals surface area contributed by atoms with Gasteiger partial charge in [0.1, 0.15) is 34.3 Å². The van der Waals surface area contributed by atoms with Crippen LogP contribution in [0.25, 0.3) is 0 Å². The van der Waals surface area contributed by atoms with Crippen molar-refractivity contribution in [2.75, 3.05) is 18.6 Å². The van der Waals surface area contributed by atoms with Crippen LogP contribution in [0.5, 0.6) is 0 Å². The van der Waals surface area contributed by atoms with Crippen molar-refractivity contribution in [1.82, 2.24) is 35.1 Å². The van der Waals surface area contributed by atoms with Crippen molar-refractivity contribution in [3.8, 4) is 0 Å². The Balaban J connectivity index is 0.000000197. The summed E-state index contributed by atoms with van der Waals surface area (Å²) in [6.45, 7) is 1.55. The fraction of sp³-hybridized carbons (Fsp3) is 0.438. The van der Waals surface area contributed by atoms with Crippen LogP contribution in [-0.2, 0) is 64.6 Å². The van der Waals surface area contributed by atoms with Crippen molar-refractivity contribution in [3.63, 3.8) is 0 Å². The van der Waals surface area contributed by atoms with Gasteiger partial charge < -0.3 is 35.8 Å². The smallest absolute Gasteiger partial charge is 0.328 e. The summed E-state index contributed by atoms with van der Waals surface area (Å²) in [5, 5.41) is 35.3. The average Bonchev–Trinajstić information content (AvgIpc) is 3.95. The van der Waals surface area contributed by atoms with E-state index in [2.05, 4.69) is 36.4 Å². The number of hydrogen-bond acceptors (Lipinski definition) is 16. The molecule has 3 aromatic rings. The molecule has 55 heavy (non-hydrogen) atoms. The molecule has 0 bridgehead atoms. The van der Waals surface area contributed by atoms with E-state index in [9.17, 15) is 42.6 Å². The van der Waals surface area contributed by atoms with Crippen molar-refractivity contribution in [1.29, 1.82) is 0 Å². The lowest BCUT2D eigenvalue weighted by atomic mass is 9.96. The molecule has 0 spiro atoms. The van der Waals surface area contributed by atoms with Crippen LogP contribution >= 0.6 is 23.1 Å². The van der Waals surface area contributed by atoms with E-state index in [1.165, 1.54) is 59.0 Å². The monoisotopic (exact) mass is 814 g/mol. The molecule has 5 aliphatic rings. The number of fused-ring (bicyclic) bond motifs is 3. The summed E-state index contributed by atoms with van der Waals surface area (Å²) >= 11 is 2.53. The first-order valence-corrected chi connectivity index (χ1v) is 20.3. The van der Waals surface area contributed by atoms with Crippen LogP contribution in [0.2, 0.25) is 0 Å². The molecular weight excluding hydrogens is 781 g/mol. The number of sulfone groups is 1. The summed E-state index contributed by atoms with van der Waals surface area (Å²) in [5.74, 6) is -3.99. The summed E-state index contributed by atoms with van der Waals surface area (Å²) in [5.41, 5.74) is 8.69. The zero-order chi connectivity index (χ0) is 39.4. The van der Waals surface area contributed by atoms with Gasteiger partial charge in [-0.3, -0.25) is 24.0 Å². The number of thioether (sulfide) groups is 1. The number of oxime groups is 1. The second kappa shape index (κ2) is 14.3. The van der Waals surface area contributed by atoms with Gasteiger partial charge in [-0.15, -0.1) is 28.2 Å². The van der Waals surface area contributed by atoms with Crippen molar-refractivity contribution in [2.45, 2.75) is 73.3 Å². The van der Waals surface area contributed by atoms with Gasteiger partial charge in [-0.2, -0.15) is 4.57 Å². The number of carbonyl (C=O) groups excluding carboxylic acids is 4. The van der Waals surface area contributed by atoms with Gasteiger partial charge in [0, 0.05) is 41.0 Å². The number of pyridine rings is 1. The highest BCUT2D eigenvalue weighted by atomic mass is 32.2. The van der Waals surface area contributed by atoms with Gasteiger partial charge in [0.2, 0.25) is 5.91 Å². The molecule has 3 fully saturated rings. The number of amides is 3. The quantitative estimate of drug-likeness (QED) is 0.0822. The Kier molecular flexibility index (Phi) is 9.87. The number of nitrogens with zero attached hydrogens (tertiary/aromatic N) is 8. The SMILES string of the molecule is CO/N=C(\C(=O)N[C@@H]1C(=O)N2C(C(=O)[O-])=C(C[n+]3cccc4c3CCC4)CS[C@H]12)c1csc(N)n1.C[C@]1(Cn2ccnn2)[C@H](C(=O)O)N2C(=O)C[C@H]2S1(=O)=O. The zero-order valence-corrected chi connectivity index (χ0v) is 31.7. The highest BCUT2D eigenvalue weighted by Gasteiger charge is 2.70. The van der Waals surface area contributed by atoms with Gasteiger partial charge in [0.05, 0.1) is 30.8 Å². The maximum absolute atomic E-state index is 13.0. The number of hydrogen-bond donors (Lipinski definition) is 3. The Labute approximate surface area is 320 Å². The third-order valence-corrected chi connectivity index (χ3v) is 15.0. The van der Waals surface area contributed by atoms with Crippen LogP contribution < -0.4 is 20.7 Å². The van der Waals surface area contributed by atoms with E-state index in [0.29, 0.717) is 17.9 Å². The first-order chi connectivity index (χ1) is 26.2. The van der Waals surface area contributed by atoms with Gasteiger partial charge in [-0.25, -0.2) is 18.2 Å². The standard InChI is InChI=1S/C22H22N6O5S2.C10H12N4O5S/c1-33-26-15(13-10-35-22(23)24-13)18(29)25-16-19(30)28-17(21(31)32)12(9-34-20(16)28)8-27-7-3-5-11-4-2-6-14(11)27;1-10(5-13-3-2-11-12-13)8(9(16)17)14-6(15)4-7(14)20(10,18)19/h3,5,7,10,16,20H,2,4,6,8-9H2,1H3,(H3-,23,24,25,29,31,32);2-3,7-8H,4-5H2,1H3,(H,16,17)/b26-15-;/t16-,20-;7-,8+,10+/m11/s1. The fourth-order valence-corrected chi connectivity index (χ4v) is 11.8. The third kappa shape index (κ3) is 6.38. The Hall–Kier alpha value is -5.42. The van der Waals surface area contributed by atoms with E-state index in [4.69, 9.17) is 10.6 Å². The summed E-state index contributed by atoms with van der Waals surface area (Å²) in [6.07, 6.45) is 7.62. The molecule has 3 amide bonds. The predicted octanol–water partition coefficient (Wildman–Crippen LogP) is -2.57. The second-order valence-corrected chi connectivity index (χ2v) is 18.0. The number of aromatic nitrogens is 5. The summed E-state index contributed by atoms with van der Waals surface area (Å²) < 4.78 is 26.8. The molecule has 3 aromatic heterocycles. The average molecular weight is 815 g/mol. The predicted molar refractivity (Wildman–Crippen MR) is 190 cm³/mol. The lowest BCUT2D eigenvalue weighted by Crippen LogP contribution is -2.71. The van der Waals surface area contributed by atoms with Gasteiger partial charge in [-0.1, -0.05) is 10.4 Å². The van der Waals surface area contributed by atoms with Crippen LogP contribution in [0.4, 0.5) is 5.13 Å². The van der Waals surface area contributed by atoms with E-state index in [-0.39, 0.29) is 35.2 Å². The van der Waals surface area contributed by atoms with Gasteiger partial charge in [-0.05, 0) is 25.8 Å². The van der Waals surface area contributed by atoms with Crippen molar-refractivity contribution < 1.29 is 52.0 Å². The molecule has 7 heterocycles. The molecular formula is C32H34N10O10S3. The molecule has 290 valence electrons. The molecule has 20 nitrogen and oxygen atoms in total. The first-order valence-electron chi connectivity index (χ1n) is 16.8. The van der Waals surface area contributed by atoms with Gasteiger partial charge >= 0.3 is 5.97 Å². The number of carboxylic acid groups (broad SMARTS) is 2. The number of nitrogen functional groups attached to an aromatic ring is 1. The number of anilines is 1. The molecule has 4 N–H and O–H groups in total. The van der Waals surface area contributed by atoms with Crippen LogP contribution in [-0.4, -0.2) is 119 Å². The second-order valence-electron chi connectivity index (χ2n) is 13.4. The maximum atomic E-state index is 13.0. The summed E-state index contributed by atoms with van der Waals surface area (Å²) in [6, 6.07) is 1.72. The Morgan fingerprint density at radius 3 is 2.69 bits per heavy atom. The highest BCUT2D eigenvalue weighted by Crippen LogP contribution is 2.47. The van der Waals surface area contributed by atoms with Crippen LogP contribution in [0.1, 0.15) is 36.7 Å². The minimum Gasteiger partial charge on any atom is -0.543 e. The fourth-order valence-electron chi connectivity index (χ4n) is 7.59. The minimum absolute atomic E-state index is 0.120. The number of nitrogens with one attached hydrogen (secondary N) is 1. The van der Waals surface area contributed by atoms with Crippen molar-refractivity contribution in [3.05, 3.63) is 64.3 Å². The van der Waals surface area contributed by atoms with Crippen molar-refractivity contribution >= 4 is 73.4 Å². The lowest BCUT2D eigenvalue weighted by molar-refractivity contribution is -0.696. The van der Waals surface area contributed by atoms with Crippen LogP contribution in [0.3, 0.4) is 0 Å². The molecule has 3 saturated heterocycles. The maximum Gasteiger partial charge on any atom is 0.328 e. The van der Waals surface area contributed by atoms with Gasteiger partial charge in [0.25, 0.3) is 11.8 Å². The molecule has 4 aliphatic heterocycles. The molecule has 1 aliphatic carbocycles. The number of carbonyl (C=O) groups is 5. The normalized spacial score (nSPS) is 26.2. The number of nitrogens with two attached hydrogens (primary N) is 1. The van der Waals surface area contributed by atoms with E-state index in [0.717, 1.165) is 35.5 Å². The molecule has 0 saturated carbocycles. The zero-order valence-electron chi connectivity index (χ0n) is 29.2. The third-order valence-electron chi connectivity index (χ3n) is 10.2. The number of aliphatic carboxylic acids is 2. The Bertz CT molecular complexity index is 2280. The number of thiazole rings is 1. The number of carboxylic acids is 2. The van der Waals surface area contributed by atoms with Crippen molar-refractivity contribution in [2.24, 2.45) is 5.16 Å². The molecule has 8 rings (SSSR count). The largest absolute Gasteiger partial charge is 0.543 e.